The number of nitrogens with zero attached hydrogens (tertiary/aromatic N) is 1. The van der Waals surface area contributed by atoms with Gasteiger partial charge in [-0.15, -0.1) is 0 Å². The number of hydrogen-bond acceptors (Lipinski definition) is 3. The lowest BCUT2D eigenvalue weighted by molar-refractivity contribution is -0.185. The number of amides is 1. The van der Waals surface area contributed by atoms with Crippen molar-refractivity contribution in [2.75, 3.05) is 26.9 Å². The molecule has 106 valence electrons. The van der Waals surface area contributed by atoms with Crippen molar-refractivity contribution in [2.24, 2.45) is 0 Å². The maximum Gasteiger partial charge on any atom is 0.471 e. The van der Waals surface area contributed by atoms with Crippen molar-refractivity contribution in [3.63, 3.8) is 0 Å². The summed E-state index contributed by atoms with van der Waals surface area (Å²) in [4.78, 5) is 21.7. The van der Waals surface area contributed by atoms with Crippen molar-refractivity contribution in [2.45, 2.75) is 6.18 Å². The first-order valence-electron chi connectivity index (χ1n) is 4.60. The van der Waals surface area contributed by atoms with E-state index in [1.54, 1.807) is 0 Å². The quantitative estimate of drug-likeness (QED) is 0.607. The van der Waals surface area contributed by atoms with Crippen LogP contribution >= 0.6 is 6.34 Å². The molecule has 0 bridgehead atoms. The van der Waals surface area contributed by atoms with Gasteiger partial charge in [-0.1, -0.05) is 11.8 Å². The number of carboxylic acid groups (broad SMARTS) is 1. The zero-order valence-electron chi connectivity index (χ0n) is 9.61. The molecule has 0 aliphatic rings. The van der Waals surface area contributed by atoms with E-state index < -0.39 is 37.2 Å². The molecule has 0 rings (SSSR count). The lowest BCUT2D eigenvalue weighted by Crippen LogP contribution is -2.45. The Morgan fingerprint density at radius 2 is 1.78 bits per heavy atom. The summed E-state index contributed by atoms with van der Waals surface area (Å²) in [5.41, 5.74) is 0. The van der Waals surface area contributed by atoms with Crippen LogP contribution in [-0.4, -0.2) is 55.0 Å². The van der Waals surface area contributed by atoms with Crippen LogP contribution in [0.25, 0.3) is 0 Å². The number of hydrogen-bond donors (Lipinski definition) is 3. The number of carbonyl (C=O) groups is 2. The highest BCUT2D eigenvalue weighted by atomic mass is 32.4. The SMILES string of the molecule is CNP(=S)(CN(CC(=O)O)C(=O)C(F)(F)F)NC. The Balaban J connectivity index is 5.08. The van der Waals surface area contributed by atoms with E-state index in [0.717, 1.165) is 0 Å². The van der Waals surface area contributed by atoms with Crippen molar-refractivity contribution >= 4 is 30.0 Å². The second-order valence-corrected chi connectivity index (χ2v) is 7.75. The van der Waals surface area contributed by atoms with Crippen LogP contribution in [0.5, 0.6) is 0 Å². The fraction of sp³-hybridized carbons (Fsp3) is 0.714. The third kappa shape index (κ3) is 5.30. The number of nitrogens with one attached hydrogen (secondary N) is 2. The third-order valence-corrected chi connectivity index (χ3v) is 5.57. The molecule has 3 N–H and O–H groups in total. The van der Waals surface area contributed by atoms with Crippen LogP contribution in [0.3, 0.4) is 0 Å². The van der Waals surface area contributed by atoms with Gasteiger partial charge in [0.2, 0.25) is 0 Å². The summed E-state index contributed by atoms with van der Waals surface area (Å²) in [6.45, 7) is -1.06. The average molecular weight is 307 g/mol. The van der Waals surface area contributed by atoms with Crippen LogP contribution in [0.4, 0.5) is 13.2 Å². The van der Waals surface area contributed by atoms with E-state index >= 15 is 0 Å². The molecule has 0 aliphatic heterocycles. The molecule has 0 heterocycles. The van der Waals surface area contributed by atoms with Gasteiger partial charge in [0.15, 0.2) is 0 Å². The van der Waals surface area contributed by atoms with Crippen LogP contribution in [0.15, 0.2) is 0 Å². The lowest BCUT2D eigenvalue weighted by Gasteiger charge is -2.29. The van der Waals surface area contributed by atoms with Gasteiger partial charge < -0.3 is 10.0 Å². The summed E-state index contributed by atoms with van der Waals surface area (Å²) in [5.74, 6) is -3.76. The Morgan fingerprint density at radius 3 is 2.06 bits per heavy atom. The number of carbonyl (C=O) groups excluding carboxylic acids is 1. The first kappa shape index (κ1) is 17.3. The zero-order valence-corrected chi connectivity index (χ0v) is 11.3. The molecule has 0 fully saturated rings. The largest absolute Gasteiger partial charge is 0.480 e. The van der Waals surface area contributed by atoms with E-state index in [0.29, 0.717) is 0 Å². The summed E-state index contributed by atoms with van der Waals surface area (Å²) in [5, 5.41) is 13.7. The third-order valence-electron chi connectivity index (χ3n) is 1.95. The van der Waals surface area contributed by atoms with Gasteiger partial charge >= 0.3 is 18.1 Å². The lowest BCUT2D eigenvalue weighted by atomic mass is 10.5. The molecule has 0 atom stereocenters. The van der Waals surface area contributed by atoms with Crippen molar-refractivity contribution in [3.8, 4) is 0 Å². The average Bonchev–Trinajstić information content (AvgIpc) is 2.25. The Kier molecular flexibility index (Phi) is 6.21. The molecule has 0 aromatic carbocycles. The molecule has 0 saturated heterocycles. The van der Waals surface area contributed by atoms with Crippen molar-refractivity contribution < 1.29 is 27.9 Å². The van der Waals surface area contributed by atoms with Crippen LogP contribution < -0.4 is 10.2 Å². The van der Waals surface area contributed by atoms with Gasteiger partial charge in [0.1, 0.15) is 6.54 Å². The van der Waals surface area contributed by atoms with Gasteiger partial charge in [0, 0.05) is 0 Å². The molecule has 1 amide bonds. The van der Waals surface area contributed by atoms with Crippen molar-refractivity contribution in [1.82, 2.24) is 15.1 Å². The summed E-state index contributed by atoms with van der Waals surface area (Å²) in [6, 6.07) is 0. The Bertz CT molecular complexity index is 369. The van der Waals surface area contributed by atoms with Gasteiger partial charge in [-0.3, -0.25) is 19.8 Å². The van der Waals surface area contributed by atoms with E-state index in [-0.39, 0.29) is 4.90 Å². The van der Waals surface area contributed by atoms with Gasteiger partial charge in [0.25, 0.3) is 0 Å². The maximum atomic E-state index is 12.3. The molecular weight excluding hydrogens is 294 g/mol. The summed E-state index contributed by atoms with van der Waals surface area (Å²) >= 11 is 5.01. The molecule has 0 saturated carbocycles. The Hall–Kier alpha value is -0.700. The first-order chi connectivity index (χ1) is 8.05. The Morgan fingerprint density at radius 1 is 1.33 bits per heavy atom. The normalized spacial score (nSPS) is 12.3. The highest BCUT2D eigenvalue weighted by Gasteiger charge is 2.44. The smallest absolute Gasteiger partial charge is 0.471 e. The van der Waals surface area contributed by atoms with Gasteiger partial charge in [-0.05, 0) is 14.1 Å². The molecule has 0 spiro atoms. The second-order valence-electron chi connectivity index (χ2n) is 3.22. The highest BCUT2D eigenvalue weighted by molar-refractivity contribution is 8.12. The number of halogens is 3. The van der Waals surface area contributed by atoms with Crippen LogP contribution in [0.2, 0.25) is 0 Å². The molecule has 6 nitrogen and oxygen atoms in total. The zero-order chi connectivity index (χ0) is 14.6. The summed E-state index contributed by atoms with van der Waals surface area (Å²) in [7, 11) is 2.85. The molecule has 11 heteroatoms. The van der Waals surface area contributed by atoms with Crippen molar-refractivity contribution in [1.29, 1.82) is 0 Å². The number of alkyl halides is 3. The van der Waals surface area contributed by atoms with Crippen LogP contribution in [0, 0.1) is 0 Å². The fourth-order valence-electron chi connectivity index (χ4n) is 1.02. The molecule has 0 aromatic heterocycles. The molecule has 0 unspecified atom stereocenters. The molecule has 0 aromatic rings. The minimum atomic E-state index is -5.13. The van der Waals surface area contributed by atoms with E-state index in [1.807, 2.05) is 0 Å². The van der Waals surface area contributed by atoms with Crippen LogP contribution in [-0.2, 0) is 21.4 Å². The highest BCUT2D eigenvalue weighted by Crippen LogP contribution is 2.36. The minimum absolute atomic E-state index is 0.177. The second kappa shape index (κ2) is 6.46. The predicted molar refractivity (Wildman–Crippen MR) is 62.7 cm³/mol. The maximum absolute atomic E-state index is 12.3. The van der Waals surface area contributed by atoms with Crippen molar-refractivity contribution in [3.05, 3.63) is 0 Å². The first-order valence-corrected chi connectivity index (χ1v) is 7.59. The fourth-order valence-corrected chi connectivity index (χ4v) is 2.66. The van der Waals surface area contributed by atoms with Gasteiger partial charge in [-0.2, -0.15) is 13.2 Å². The molecular formula is C7H13F3N3O3PS. The minimum Gasteiger partial charge on any atom is -0.480 e. The monoisotopic (exact) mass is 307 g/mol. The standard InChI is InChI=1S/C7H13F3N3O3PS/c1-11-17(18,12-2)4-13(3-5(14)15)6(16)7(8,9)10/h3-4H2,1-2H3,(H,14,15)(H2,11,12,18). The van der Waals surface area contributed by atoms with Crippen LogP contribution in [0.1, 0.15) is 0 Å². The summed E-state index contributed by atoms with van der Waals surface area (Å²) < 4.78 is 36.9. The number of aliphatic carboxylic acids is 1. The number of carboxylic acids is 1. The van der Waals surface area contributed by atoms with E-state index in [1.165, 1.54) is 14.1 Å². The van der Waals surface area contributed by atoms with E-state index in [9.17, 15) is 22.8 Å². The molecule has 0 radical (unpaired) electrons. The van der Waals surface area contributed by atoms with Gasteiger partial charge in [-0.25, -0.2) is 0 Å². The number of rotatable bonds is 6. The van der Waals surface area contributed by atoms with Gasteiger partial charge in [0.05, 0.1) is 12.6 Å². The predicted octanol–water partition coefficient (Wildman–Crippen LogP) is 0.168. The molecule has 18 heavy (non-hydrogen) atoms. The van der Waals surface area contributed by atoms with E-state index in [4.69, 9.17) is 16.9 Å². The summed E-state index contributed by atoms with van der Waals surface area (Å²) in [6.07, 6.45) is -8.28. The molecule has 0 aliphatic carbocycles. The Labute approximate surface area is 107 Å². The van der Waals surface area contributed by atoms with E-state index in [2.05, 4.69) is 10.2 Å². The topological polar surface area (TPSA) is 81.7 Å².